The molecule has 1 aliphatic heterocycles. The molecule has 0 spiro atoms. The first kappa shape index (κ1) is 10.9. The van der Waals surface area contributed by atoms with Crippen LogP contribution in [0, 0.1) is 0 Å². The van der Waals surface area contributed by atoms with Gasteiger partial charge in [0.2, 0.25) is 5.91 Å². The van der Waals surface area contributed by atoms with Crippen LogP contribution in [-0.2, 0) is 4.79 Å². The second-order valence-electron chi connectivity index (χ2n) is 4.93. The Morgan fingerprint density at radius 2 is 2.20 bits per heavy atom. The molecule has 4 nitrogen and oxygen atoms in total. The average Bonchev–Trinajstić information content (AvgIpc) is 2.95. The van der Waals surface area contributed by atoms with E-state index in [0.717, 1.165) is 13.1 Å². The normalized spacial score (nSPS) is 32.7. The van der Waals surface area contributed by atoms with Gasteiger partial charge in [-0.3, -0.25) is 9.69 Å². The van der Waals surface area contributed by atoms with Crippen LogP contribution in [0.25, 0.3) is 0 Å². The first-order valence-electron chi connectivity index (χ1n) is 5.92. The average molecular weight is 211 g/mol. The molecule has 1 aliphatic carbocycles. The van der Waals surface area contributed by atoms with Crippen molar-refractivity contribution < 1.29 is 4.79 Å². The first-order chi connectivity index (χ1) is 7.15. The number of rotatable bonds is 3. The van der Waals surface area contributed by atoms with Gasteiger partial charge in [0.05, 0.1) is 6.54 Å². The Balaban J connectivity index is 1.77. The number of nitrogens with zero attached hydrogens (tertiary/aromatic N) is 1. The molecule has 86 valence electrons. The highest BCUT2D eigenvalue weighted by atomic mass is 16.2. The van der Waals surface area contributed by atoms with Crippen LogP contribution < -0.4 is 10.6 Å². The molecule has 1 heterocycles. The van der Waals surface area contributed by atoms with Gasteiger partial charge in [-0.2, -0.15) is 0 Å². The predicted octanol–water partition coefficient (Wildman–Crippen LogP) is -0.0528. The Labute approximate surface area is 91.4 Å². The highest BCUT2D eigenvalue weighted by Gasteiger charge is 2.27. The van der Waals surface area contributed by atoms with Crippen molar-refractivity contribution in [2.75, 3.05) is 19.6 Å². The summed E-state index contributed by atoms with van der Waals surface area (Å²) < 4.78 is 0. The van der Waals surface area contributed by atoms with Gasteiger partial charge in [-0.25, -0.2) is 0 Å². The third-order valence-corrected chi connectivity index (χ3v) is 3.18. The molecule has 0 bridgehead atoms. The lowest BCUT2D eigenvalue weighted by atomic mass is 10.1. The van der Waals surface area contributed by atoms with Crippen molar-refractivity contribution in [3.05, 3.63) is 0 Å². The summed E-state index contributed by atoms with van der Waals surface area (Å²) in [6.45, 7) is 6.85. The molecule has 1 amide bonds. The van der Waals surface area contributed by atoms with Crippen LogP contribution in [0.1, 0.15) is 26.7 Å². The van der Waals surface area contributed by atoms with Gasteiger partial charge in [0, 0.05) is 31.2 Å². The van der Waals surface area contributed by atoms with Crippen molar-refractivity contribution in [2.24, 2.45) is 0 Å². The van der Waals surface area contributed by atoms with Crippen molar-refractivity contribution in [3.63, 3.8) is 0 Å². The van der Waals surface area contributed by atoms with Gasteiger partial charge in [0.1, 0.15) is 0 Å². The molecule has 0 radical (unpaired) electrons. The molecule has 2 N–H and O–H groups in total. The van der Waals surface area contributed by atoms with Crippen molar-refractivity contribution in [1.82, 2.24) is 15.5 Å². The Bertz CT molecular complexity index is 240. The van der Waals surface area contributed by atoms with Crippen LogP contribution in [0.3, 0.4) is 0 Å². The number of carbonyl (C=O) groups excluding carboxylic acids is 1. The SMILES string of the molecule is CC1CN(CC(=O)NC2CC2)C(C)CN1. The van der Waals surface area contributed by atoms with Gasteiger partial charge in [-0.05, 0) is 26.7 Å². The lowest BCUT2D eigenvalue weighted by Gasteiger charge is -2.36. The van der Waals surface area contributed by atoms with E-state index in [4.69, 9.17) is 0 Å². The Morgan fingerprint density at radius 3 is 2.87 bits per heavy atom. The smallest absolute Gasteiger partial charge is 0.234 e. The van der Waals surface area contributed by atoms with Gasteiger partial charge in [-0.15, -0.1) is 0 Å². The second kappa shape index (κ2) is 4.49. The standard InChI is InChI=1S/C11H21N3O/c1-8-6-14(9(2)5-12-8)7-11(15)13-10-3-4-10/h8-10,12H,3-7H2,1-2H3,(H,13,15). The van der Waals surface area contributed by atoms with E-state index in [1.165, 1.54) is 12.8 Å². The maximum atomic E-state index is 11.6. The van der Waals surface area contributed by atoms with E-state index in [2.05, 4.69) is 29.4 Å². The molecule has 4 heteroatoms. The molecule has 2 rings (SSSR count). The van der Waals surface area contributed by atoms with Gasteiger partial charge in [0.25, 0.3) is 0 Å². The summed E-state index contributed by atoms with van der Waals surface area (Å²) >= 11 is 0. The van der Waals surface area contributed by atoms with Crippen molar-refractivity contribution >= 4 is 5.91 Å². The minimum atomic E-state index is 0.193. The Morgan fingerprint density at radius 1 is 1.47 bits per heavy atom. The summed E-state index contributed by atoms with van der Waals surface area (Å²) in [6.07, 6.45) is 2.33. The monoisotopic (exact) mass is 211 g/mol. The van der Waals surface area contributed by atoms with Crippen LogP contribution in [0.4, 0.5) is 0 Å². The Hall–Kier alpha value is -0.610. The van der Waals surface area contributed by atoms with Crippen molar-refractivity contribution in [1.29, 1.82) is 0 Å². The lowest BCUT2D eigenvalue weighted by molar-refractivity contribution is -0.123. The molecule has 0 aromatic rings. The Kier molecular flexibility index (Phi) is 3.26. The number of carbonyl (C=O) groups is 1. The van der Waals surface area contributed by atoms with Crippen molar-refractivity contribution in [2.45, 2.75) is 44.8 Å². The number of hydrogen-bond donors (Lipinski definition) is 2. The molecule has 2 atom stereocenters. The fourth-order valence-electron chi connectivity index (χ4n) is 2.00. The number of piperazine rings is 1. The molecular weight excluding hydrogens is 190 g/mol. The fourth-order valence-corrected chi connectivity index (χ4v) is 2.00. The second-order valence-corrected chi connectivity index (χ2v) is 4.93. The molecule has 1 saturated carbocycles. The summed E-state index contributed by atoms with van der Waals surface area (Å²) in [6, 6.07) is 1.44. The molecule has 1 saturated heterocycles. The first-order valence-corrected chi connectivity index (χ1v) is 5.92. The summed E-state index contributed by atoms with van der Waals surface area (Å²) in [5, 5.41) is 6.45. The molecule has 2 aliphatic rings. The number of amides is 1. The summed E-state index contributed by atoms with van der Waals surface area (Å²) in [4.78, 5) is 13.9. The molecule has 0 aromatic heterocycles. The largest absolute Gasteiger partial charge is 0.352 e. The molecule has 0 aromatic carbocycles. The predicted molar refractivity (Wildman–Crippen MR) is 59.7 cm³/mol. The third kappa shape index (κ3) is 3.18. The molecule has 2 unspecified atom stereocenters. The van der Waals surface area contributed by atoms with Crippen LogP contribution in [-0.4, -0.2) is 48.6 Å². The number of nitrogens with one attached hydrogen (secondary N) is 2. The molecule has 15 heavy (non-hydrogen) atoms. The number of hydrogen-bond acceptors (Lipinski definition) is 3. The summed E-state index contributed by atoms with van der Waals surface area (Å²) in [7, 11) is 0. The highest BCUT2D eigenvalue weighted by molar-refractivity contribution is 5.78. The van der Waals surface area contributed by atoms with Gasteiger partial charge < -0.3 is 10.6 Å². The van der Waals surface area contributed by atoms with Crippen LogP contribution in [0.5, 0.6) is 0 Å². The third-order valence-electron chi connectivity index (χ3n) is 3.18. The molecular formula is C11H21N3O. The maximum Gasteiger partial charge on any atom is 0.234 e. The zero-order chi connectivity index (χ0) is 10.8. The van der Waals surface area contributed by atoms with E-state index in [9.17, 15) is 4.79 Å². The van der Waals surface area contributed by atoms with Crippen LogP contribution in [0.2, 0.25) is 0 Å². The van der Waals surface area contributed by atoms with E-state index in [1.54, 1.807) is 0 Å². The minimum absolute atomic E-state index is 0.193. The van der Waals surface area contributed by atoms with Gasteiger partial charge >= 0.3 is 0 Å². The summed E-state index contributed by atoms with van der Waals surface area (Å²) in [5.41, 5.74) is 0. The fraction of sp³-hybridized carbons (Fsp3) is 0.909. The van der Waals surface area contributed by atoms with Gasteiger partial charge in [-0.1, -0.05) is 0 Å². The molecule has 2 fully saturated rings. The lowest BCUT2D eigenvalue weighted by Crippen LogP contribution is -2.56. The van der Waals surface area contributed by atoms with Gasteiger partial charge in [0.15, 0.2) is 0 Å². The van der Waals surface area contributed by atoms with E-state index >= 15 is 0 Å². The van der Waals surface area contributed by atoms with E-state index in [-0.39, 0.29) is 5.91 Å². The summed E-state index contributed by atoms with van der Waals surface area (Å²) in [5.74, 6) is 0.193. The topological polar surface area (TPSA) is 44.4 Å². The zero-order valence-corrected chi connectivity index (χ0v) is 9.62. The highest BCUT2D eigenvalue weighted by Crippen LogP contribution is 2.18. The van der Waals surface area contributed by atoms with E-state index in [0.29, 0.717) is 24.7 Å². The van der Waals surface area contributed by atoms with Crippen LogP contribution in [0.15, 0.2) is 0 Å². The van der Waals surface area contributed by atoms with E-state index in [1.807, 2.05) is 0 Å². The maximum absolute atomic E-state index is 11.6. The zero-order valence-electron chi connectivity index (χ0n) is 9.62. The van der Waals surface area contributed by atoms with Crippen LogP contribution >= 0.6 is 0 Å². The van der Waals surface area contributed by atoms with Crippen molar-refractivity contribution in [3.8, 4) is 0 Å². The minimum Gasteiger partial charge on any atom is -0.352 e. The van der Waals surface area contributed by atoms with E-state index < -0.39 is 0 Å². The quantitative estimate of drug-likeness (QED) is 0.688.